The summed E-state index contributed by atoms with van der Waals surface area (Å²) >= 11 is 1.49. The molecule has 0 bridgehead atoms. The topological polar surface area (TPSA) is 26.3 Å². The van der Waals surface area contributed by atoms with Gasteiger partial charge in [0.1, 0.15) is 5.60 Å². The van der Waals surface area contributed by atoms with Gasteiger partial charge in [0.05, 0.1) is 4.88 Å². The van der Waals surface area contributed by atoms with E-state index in [0.717, 1.165) is 20.8 Å². The van der Waals surface area contributed by atoms with Crippen molar-refractivity contribution in [2.45, 2.75) is 46.3 Å². The van der Waals surface area contributed by atoms with Crippen LogP contribution in [0.4, 0.5) is 0 Å². The Morgan fingerprint density at radius 1 is 1.00 bits per heavy atom. The van der Waals surface area contributed by atoms with Crippen molar-refractivity contribution >= 4 is 35.8 Å². The van der Waals surface area contributed by atoms with Gasteiger partial charge in [-0.2, -0.15) is 0 Å². The van der Waals surface area contributed by atoms with Crippen LogP contribution in [0.25, 0.3) is 0 Å². The van der Waals surface area contributed by atoms with Gasteiger partial charge in [0.25, 0.3) is 8.32 Å². The van der Waals surface area contributed by atoms with Crippen LogP contribution >= 0.6 is 11.3 Å². The Balaban J connectivity index is 2.25. The number of carbonyl (C=O) groups is 1. The van der Waals surface area contributed by atoms with Gasteiger partial charge >= 0.3 is 0 Å². The van der Waals surface area contributed by atoms with E-state index < -0.39 is 13.9 Å². The largest absolute Gasteiger partial charge is 0.392 e. The summed E-state index contributed by atoms with van der Waals surface area (Å²) in [6, 6.07) is 24.7. The molecule has 0 radical (unpaired) electrons. The first-order valence-corrected chi connectivity index (χ1v) is 14.1. The molecule has 2 nitrogen and oxygen atoms in total. The van der Waals surface area contributed by atoms with Crippen LogP contribution in [-0.4, -0.2) is 19.7 Å². The molecule has 1 aromatic heterocycles. The molecular formula is C27H32O2SSi. The van der Waals surface area contributed by atoms with E-state index in [1.807, 2.05) is 49.6 Å². The van der Waals surface area contributed by atoms with Gasteiger partial charge < -0.3 is 4.43 Å². The van der Waals surface area contributed by atoms with Crippen molar-refractivity contribution in [3.05, 3.63) is 94.7 Å². The number of ketones is 1. The summed E-state index contributed by atoms with van der Waals surface area (Å²) in [6.07, 6.45) is 2.68. The molecule has 31 heavy (non-hydrogen) atoms. The third-order valence-electron chi connectivity index (χ3n) is 5.91. The highest BCUT2D eigenvalue weighted by Gasteiger charge is 2.49. The monoisotopic (exact) mass is 448 g/mol. The highest BCUT2D eigenvalue weighted by Crippen LogP contribution is 2.37. The summed E-state index contributed by atoms with van der Waals surface area (Å²) in [4.78, 5) is 14.8. The van der Waals surface area contributed by atoms with Gasteiger partial charge in [-0.1, -0.05) is 86.7 Å². The SMILES string of the molecule is C/C=C(\C)[C@](CC(C)C)(O[Si](C)(c1ccccc1)c1ccccc1)C(=O)c1cccs1. The normalized spacial score (nSPS) is 14.5. The van der Waals surface area contributed by atoms with Crippen LogP contribution in [0.15, 0.2) is 89.8 Å². The van der Waals surface area contributed by atoms with Crippen molar-refractivity contribution in [3.8, 4) is 0 Å². The molecule has 0 fully saturated rings. The minimum absolute atomic E-state index is 0.0670. The van der Waals surface area contributed by atoms with Crippen LogP contribution in [0.2, 0.25) is 6.55 Å². The Hall–Kier alpha value is -2.27. The number of hydrogen-bond acceptors (Lipinski definition) is 3. The summed E-state index contributed by atoms with van der Waals surface area (Å²) in [5.74, 6) is 0.362. The van der Waals surface area contributed by atoms with Gasteiger partial charge in [0, 0.05) is 0 Å². The average Bonchev–Trinajstić information content (AvgIpc) is 3.33. The zero-order chi connectivity index (χ0) is 22.5. The lowest BCUT2D eigenvalue weighted by Gasteiger charge is -2.43. The molecule has 2 aromatic carbocycles. The smallest absolute Gasteiger partial charge is 0.254 e. The molecule has 3 aromatic rings. The van der Waals surface area contributed by atoms with Crippen LogP contribution in [0.1, 0.15) is 43.8 Å². The Kier molecular flexibility index (Phi) is 7.47. The van der Waals surface area contributed by atoms with Crippen molar-refractivity contribution in [3.63, 3.8) is 0 Å². The van der Waals surface area contributed by atoms with Gasteiger partial charge in [-0.25, -0.2) is 0 Å². The Morgan fingerprint density at radius 2 is 1.55 bits per heavy atom. The highest BCUT2D eigenvalue weighted by atomic mass is 32.1. The quantitative estimate of drug-likeness (QED) is 0.225. The molecule has 1 heterocycles. The van der Waals surface area contributed by atoms with E-state index in [-0.39, 0.29) is 5.78 Å². The number of hydrogen-bond donors (Lipinski definition) is 0. The first-order chi connectivity index (χ1) is 14.8. The molecule has 0 unspecified atom stereocenters. The summed E-state index contributed by atoms with van der Waals surface area (Å²) in [6.45, 7) is 10.6. The maximum absolute atomic E-state index is 14.1. The van der Waals surface area contributed by atoms with Crippen molar-refractivity contribution in [2.75, 3.05) is 0 Å². The van der Waals surface area contributed by atoms with Crippen LogP contribution in [0.5, 0.6) is 0 Å². The first kappa shape index (κ1) is 23.4. The molecule has 0 spiro atoms. The van der Waals surface area contributed by atoms with E-state index in [4.69, 9.17) is 4.43 Å². The Bertz CT molecular complexity index is 970. The van der Waals surface area contributed by atoms with E-state index in [0.29, 0.717) is 12.3 Å². The Morgan fingerprint density at radius 3 is 1.97 bits per heavy atom. The number of rotatable bonds is 9. The molecule has 0 aliphatic heterocycles. The highest BCUT2D eigenvalue weighted by molar-refractivity contribution is 7.12. The number of benzene rings is 2. The fraction of sp³-hybridized carbons (Fsp3) is 0.296. The molecule has 0 saturated carbocycles. The van der Waals surface area contributed by atoms with E-state index in [2.05, 4.69) is 68.9 Å². The molecule has 4 heteroatoms. The number of thiophene rings is 1. The molecule has 3 rings (SSSR count). The minimum atomic E-state index is -2.72. The third-order valence-corrected chi connectivity index (χ3v) is 10.4. The molecule has 0 aliphatic rings. The lowest BCUT2D eigenvalue weighted by molar-refractivity contribution is 0.0493. The fourth-order valence-electron chi connectivity index (χ4n) is 4.16. The molecule has 0 N–H and O–H groups in total. The third kappa shape index (κ3) is 4.82. The van der Waals surface area contributed by atoms with Crippen molar-refractivity contribution in [2.24, 2.45) is 5.92 Å². The first-order valence-electron chi connectivity index (χ1n) is 10.9. The van der Waals surface area contributed by atoms with E-state index in [9.17, 15) is 4.79 Å². The molecule has 0 saturated heterocycles. The maximum Gasteiger partial charge on any atom is 0.254 e. The second-order valence-electron chi connectivity index (χ2n) is 8.57. The van der Waals surface area contributed by atoms with Crippen molar-refractivity contribution in [1.29, 1.82) is 0 Å². The lowest BCUT2D eigenvalue weighted by atomic mass is 9.82. The zero-order valence-corrected chi connectivity index (χ0v) is 20.9. The van der Waals surface area contributed by atoms with Crippen LogP contribution in [0.3, 0.4) is 0 Å². The maximum atomic E-state index is 14.1. The minimum Gasteiger partial charge on any atom is -0.392 e. The summed E-state index contributed by atoms with van der Waals surface area (Å²) < 4.78 is 7.27. The molecule has 1 atom stereocenters. The summed E-state index contributed by atoms with van der Waals surface area (Å²) in [5.41, 5.74) is -0.0226. The van der Waals surface area contributed by atoms with Crippen molar-refractivity contribution in [1.82, 2.24) is 0 Å². The van der Waals surface area contributed by atoms with Crippen LogP contribution < -0.4 is 10.4 Å². The molecule has 162 valence electrons. The summed E-state index contributed by atoms with van der Waals surface area (Å²) in [5, 5.41) is 4.29. The summed E-state index contributed by atoms with van der Waals surface area (Å²) in [7, 11) is -2.72. The zero-order valence-electron chi connectivity index (χ0n) is 19.1. The van der Waals surface area contributed by atoms with E-state index in [1.54, 1.807) is 0 Å². The van der Waals surface area contributed by atoms with Gasteiger partial charge in [0.15, 0.2) is 0 Å². The fourth-order valence-corrected chi connectivity index (χ4v) is 8.15. The van der Waals surface area contributed by atoms with Gasteiger partial charge in [-0.05, 0) is 60.1 Å². The van der Waals surface area contributed by atoms with Gasteiger partial charge in [-0.3, -0.25) is 4.79 Å². The molecule has 0 aliphatic carbocycles. The second-order valence-corrected chi connectivity index (χ2v) is 12.9. The lowest BCUT2D eigenvalue weighted by Crippen LogP contribution is -2.64. The van der Waals surface area contributed by atoms with E-state index in [1.165, 1.54) is 11.3 Å². The van der Waals surface area contributed by atoms with Crippen LogP contribution in [-0.2, 0) is 4.43 Å². The van der Waals surface area contributed by atoms with E-state index >= 15 is 0 Å². The number of carbonyl (C=O) groups excluding carboxylic acids is 1. The molecular weight excluding hydrogens is 416 g/mol. The Labute approximate surface area is 191 Å². The van der Waals surface area contributed by atoms with Crippen LogP contribution in [0, 0.1) is 5.92 Å². The van der Waals surface area contributed by atoms with Gasteiger partial charge in [-0.15, -0.1) is 11.3 Å². The predicted octanol–water partition coefficient (Wildman–Crippen LogP) is 6.09. The van der Waals surface area contributed by atoms with Gasteiger partial charge in [0.2, 0.25) is 5.78 Å². The standard InChI is InChI=1S/C27H32O2SSi/c1-6-22(4)27(20-21(2)3,26(28)25-18-13-19-30-25)29-31(5,23-14-9-7-10-15-23)24-16-11-8-12-17-24/h6-19,21H,20H2,1-5H3/b22-6+/t27-/m0/s1. The average molecular weight is 449 g/mol. The number of Topliss-reactive ketones (excluding diaryl/α,β-unsaturated/α-hetero) is 1. The second kappa shape index (κ2) is 9.90. The number of allylic oxidation sites excluding steroid dienone is 1. The molecule has 0 amide bonds. The van der Waals surface area contributed by atoms with Crippen molar-refractivity contribution < 1.29 is 9.22 Å². The predicted molar refractivity (Wildman–Crippen MR) is 135 cm³/mol.